The average Bonchev–Trinajstić information content (AvgIpc) is 4.12. The fourth-order valence-corrected chi connectivity index (χ4v) is 9.42. The lowest BCUT2D eigenvalue weighted by Gasteiger charge is -2.28. The van der Waals surface area contributed by atoms with Gasteiger partial charge in [-0.05, 0) is 58.5 Å². The number of methoxy groups -OCH3 is 2. The Hall–Kier alpha value is -9.25. The van der Waals surface area contributed by atoms with Gasteiger partial charge in [0.1, 0.15) is 23.6 Å². The Kier molecular flexibility index (Phi) is 19.7. The van der Waals surface area contributed by atoms with Crippen LogP contribution < -0.4 is 41.0 Å². The molecule has 6 heterocycles. The standard InChI is InChI=1S/C31H34N8O3.C28H32N8O2.2CH4/c1-6-29(40)34-24-13-25(28(41-5)14-27(24)38(4)12-11-37(2)3)35-31-33-16-20(15-32)30(36-31)23-17-39(21-18-42-19-21)26-10-8-7-9-22(23)26;1-34(2)9-10-35(3)25-12-26(37-4)23(11-22(25)30)32-28-31-14-18(13-29)27(33-28)21-15-36(19-16-38-17-19)24-8-6-5-7-20(21)24;;/h6-10,13-14,16-17,21H,1,11-12,18-19H2,2-5H3,(H,34,40)(H,33,35,36);5-8,11-12,14-15,19H,9-10,16-17,30H2,1-4H3,(H,31,32,33);2*1H4. The third-order valence-corrected chi connectivity index (χ3v) is 14.0. The summed E-state index contributed by atoms with van der Waals surface area (Å²) in [6.45, 7) is 9.46. The maximum absolute atomic E-state index is 12.3. The van der Waals surface area contributed by atoms with Gasteiger partial charge in [-0.3, -0.25) is 4.79 Å². The van der Waals surface area contributed by atoms with Gasteiger partial charge in [0.05, 0.1) is 122 Å². The highest BCUT2D eigenvalue weighted by atomic mass is 16.5. The van der Waals surface area contributed by atoms with E-state index in [1.54, 1.807) is 26.5 Å². The van der Waals surface area contributed by atoms with Crippen LogP contribution in [0, 0.1) is 22.7 Å². The molecule has 4 aromatic carbocycles. The number of para-hydroxylation sites is 2. The highest BCUT2D eigenvalue weighted by molar-refractivity contribution is 6.02. The molecule has 10 rings (SSSR count). The van der Waals surface area contributed by atoms with E-state index in [4.69, 9.17) is 34.6 Å². The van der Waals surface area contributed by atoms with Crippen molar-refractivity contribution in [2.75, 3.05) is 141 Å². The summed E-state index contributed by atoms with van der Waals surface area (Å²) >= 11 is 0. The van der Waals surface area contributed by atoms with Crippen LogP contribution in [0.15, 0.2) is 110 Å². The van der Waals surface area contributed by atoms with E-state index in [-0.39, 0.29) is 38.8 Å². The van der Waals surface area contributed by atoms with Crippen molar-refractivity contribution < 1.29 is 23.7 Å². The Labute approximate surface area is 480 Å². The van der Waals surface area contributed by atoms with E-state index >= 15 is 0 Å². The van der Waals surface area contributed by atoms with Crippen molar-refractivity contribution in [3.05, 3.63) is 121 Å². The molecule has 2 saturated heterocycles. The number of nitrogens with zero attached hydrogens (tertiary/aromatic N) is 12. The van der Waals surface area contributed by atoms with Crippen LogP contribution in [0.25, 0.3) is 44.3 Å². The van der Waals surface area contributed by atoms with Gasteiger partial charge in [0.15, 0.2) is 0 Å². The van der Waals surface area contributed by atoms with Crippen LogP contribution in [0.1, 0.15) is 38.1 Å². The number of carbonyl (C=O) groups is 1. The quantitative estimate of drug-likeness (QED) is 0.0410. The van der Waals surface area contributed by atoms with Gasteiger partial charge in [-0.15, -0.1) is 0 Å². The Morgan fingerprint density at radius 2 is 1.12 bits per heavy atom. The van der Waals surface area contributed by atoms with Gasteiger partial charge < -0.3 is 69.4 Å². The number of amides is 1. The Bertz CT molecular complexity index is 3650. The van der Waals surface area contributed by atoms with Gasteiger partial charge >= 0.3 is 0 Å². The molecule has 0 aliphatic carbocycles. The number of benzene rings is 4. The summed E-state index contributed by atoms with van der Waals surface area (Å²) in [7, 11) is 15.2. The van der Waals surface area contributed by atoms with Crippen LogP contribution in [0.5, 0.6) is 11.5 Å². The Morgan fingerprint density at radius 1 is 0.683 bits per heavy atom. The minimum Gasteiger partial charge on any atom is -0.494 e. The van der Waals surface area contributed by atoms with Crippen molar-refractivity contribution in [3.8, 4) is 46.2 Å². The second kappa shape index (κ2) is 26.8. The van der Waals surface area contributed by atoms with Crippen LogP contribution in [0.3, 0.4) is 0 Å². The van der Waals surface area contributed by atoms with Crippen molar-refractivity contribution in [2.45, 2.75) is 26.9 Å². The molecule has 428 valence electrons. The molecule has 2 aliphatic rings. The summed E-state index contributed by atoms with van der Waals surface area (Å²) in [4.78, 5) is 39.1. The fraction of sp³-hybridized carbons (Fsp3) is 0.328. The number of likely N-dealkylation sites (N-methyl/N-ethyl adjacent to an activating group) is 4. The zero-order valence-electron chi connectivity index (χ0n) is 46.3. The molecule has 8 aromatic rings. The first-order valence-corrected chi connectivity index (χ1v) is 26.0. The molecule has 2 fully saturated rings. The molecule has 0 bridgehead atoms. The second-order valence-electron chi connectivity index (χ2n) is 20.0. The maximum Gasteiger partial charge on any atom is 0.247 e. The maximum atomic E-state index is 12.3. The highest BCUT2D eigenvalue weighted by Crippen LogP contribution is 2.41. The normalized spacial score (nSPS) is 12.8. The first kappa shape index (κ1) is 60.4. The molecule has 2 aliphatic heterocycles. The topological polar surface area (TPSA) is 238 Å². The van der Waals surface area contributed by atoms with Crippen LogP contribution in [0.2, 0.25) is 0 Å². The lowest BCUT2D eigenvalue weighted by atomic mass is 10.1. The van der Waals surface area contributed by atoms with E-state index in [9.17, 15) is 15.3 Å². The van der Waals surface area contributed by atoms with E-state index < -0.39 is 0 Å². The summed E-state index contributed by atoms with van der Waals surface area (Å²) in [5.41, 5.74) is 16.1. The number of nitrogens with one attached hydrogen (secondary N) is 3. The molecule has 21 heteroatoms. The fourth-order valence-electron chi connectivity index (χ4n) is 9.42. The molecule has 0 radical (unpaired) electrons. The van der Waals surface area contributed by atoms with Gasteiger partial charge in [0.2, 0.25) is 17.8 Å². The van der Waals surface area contributed by atoms with E-state index in [2.05, 4.69) is 86.8 Å². The van der Waals surface area contributed by atoms with E-state index in [1.165, 1.54) is 12.3 Å². The second-order valence-corrected chi connectivity index (χ2v) is 20.0. The van der Waals surface area contributed by atoms with Crippen molar-refractivity contribution in [1.82, 2.24) is 38.9 Å². The summed E-state index contributed by atoms with van der Waals surface area (Å²) in [6, 6.07) is 28.5. The molecule has 82 heavy (non-hydrogen) atoms. The summed E-state index contributed by atoms with van der Waals surface area (Å²) in [5.74, 6) is 1.44. The predicted molar refractivity (Wildman–Crippen MR) is 328 cm³/mol. The molecule has 0 unspecified atom stereocenters. The number of aromatic nitrogens is 6. The number of nitrogen functional groups attached to an aromatic ring is 1. The predicted octanol–water partition coefficient (Wildman–Crippen LogP) is 9.56. The number of carbonyl (C=O) groups excluding carboxylic acids is 1. The summed E-state index contributed by atoms with van der Waals surface area (Å²) in [6.07, 6.45) is 8.37. The van der Waals surface area contributed by atoms with Gasteiger partial charge in [-0.25, -0.2) is 19.9 Å². The number of hydrogen-bond donors (Lipinski definition) is 4. The van der Waals surface area contributed by atoms with Gasteiger partial charge in [0.25, 0.3) is 0 Å². The van der Waals surface area contributed by atoms with Crippen LogP contribution in [-0.2, 0) is 14.3 Å². The third kappa shape index (κ3) is 13.0. The first-order chi connectivity index (χ1) is 38.7. The van der Waals surface area contributed by atoms with Crippen LogP contribution in [-0.4, -0.2) is 154 Å². The number of anilines is 8. The van der Waals surface area contributed by atoms with Gasteiger partial charge in [0, 0.05) is 97.7 Å². The molecule has 0 atom stereocenters. The molecular formula is C61H74N16O5. The number of nitriles is 2. The highest BCUT2D eigenvalue weighted by Gasteiger charge is 2.27. The van der Waals surface area contributed by atoms with Crippen molar-refractivity contribution in [3.63, 3.8) is 0 Å². The first-order valence-electron chi connectivity index (χ1n) is 26.0. The number of hydrogen-bond acceptors (Lipinski definition) is 18. The van der Waals surface area contributed by atoms with Gasteiger partial charge in [-0.1, -0.05) is 57.8 Å². The zero-order chi connectivity index (χ0) is 56.6. The van der Waals surface area contributed by atoms with Crippen LogP contribution >= 0.6 is 0 Å². The SMILES string of the molecule is C.C.C=CC(=O)Nc1cc(Nc2ncc(C#N)c(-c3cn(C4COC4)c4ccccc34)n2)c(OC)cc1N(C)CCN(C)C.COc1cc(N(C)CCN(C)C)c(N)cc1Nc1ncc(C#N)c(-c2cn(C3COC3)c3ccccc23)n1. The van der Waals surface area contributed by atoms with Crippen molar-refractivity contribution in [1.29, 1.82) is 10.5 Å². The lowest BCUT2D eigenvalue weighted by molar-refractivity contribution is -0.111. The van der Waals surface area contributed by atoms with E-state index in [0.29, 0.717) is 89.1 Å². The van der Waals surface area contributed by atoms with Crippen molar-refractivity contribution in [2.24, 2.45) is 0 Å². The largest absolute Gasteiger partial charge is 0.494 e. The van der Waals surface area contributed by atoms with E-state index in [1.807, 2.05) is 108 Å². The monoisotopic (exact) mass is 1110 g/mol. The zero-order valence-corrected chi connectivity index (χ0v) is 46.3. The van der Waals surface area contributed by atoms with E-state index in [0.717, 1.165) is 70.5 Å². The lowest BCUT2D eigenvalue weighted by Crippen LogP contribution is -2.30. The number of ether oxygens (including phenoxy) is 4. The molecule has 0 saturated carbocycles. The third-order valence-electron chi connectivity index (χ3n) is 14.0. The average molecular weight is 1110 g/mol. The minimum atomic E-state index is -0.335. The Balaban J connectivity index is 0.000000231. The summed E-state index contributed by atoms with van der Waals surface area (Å²) < 4.78 is 26.7. The molecule has 0 spiro atoms. The molecule has 1 amide bonds. The molecule has 4 aromatic heterocycles. The molecule has 5 N–H and O–H groups in total. The smallest absolute Gasteiger partial charge is 0.247 e. The minimum absolute atomic E-state index is 0. The number of fused-ring (bicyclic) bond motifs is 2. The number of nitrogens with two attached hydrogens (primary N) is 1. The Morgan fingerprint density at radius 3 is 1.54 bits per heavy atom. The summed E-state index contributed by atoms with van der Waals surface area (Å²) in [5, 5.41) is 31.2. The van der Waals surface area contributed by atoms with Crippen LogP contribution in [0.4, 0.5) is 46.0 Å². The number of rotatable bonds is 20. The molecule has 21 nitrogen and oxygen atoms in total. The molecular weight excluding hydrogens is 1040 g/mol. The van der Waals surface area contributed by atoms with Gasteiger partial charge in [-0.2, -0.15) is 10.5 Å². The van der Waals surface area contributed by atoms with Crippen molar-refractivity contribution >= 4 is 73.7 Å².